The van der Waals surface area contributed by atoms with Crippen molar-refractivity contribution >= 4 is 22.5 Å². The highest BCUT2D eigenvalue weighted by Crippen LogP contribution is 2.37. The van der Waals surface area contributed by atoms with Gasteiger partial charge in [-0.3, -0.25) is 0 Å². The predicted octanol–water partition coefficient (Wildman–Crippen LogP) is 3.55. The molecule has 0 aliphatic heterocycles. The summed E-state index contributed by atoms with van der Waals surface area (Å²) < 4.78 is 0. The van der Waals surface area contributed by atoms with Gasteiger partial charge in [0.05, 0.1) is 0 Å². The Bertz CT molecular complexity index is 567. The Kier molecular flexibility index (Phi) is 2.46. The van der Waals surface area contributed by atoms with Crippen molar-refractivity contribution < 1.29 is 0 Å². The van der Waals surface area contributed by atoms with E-state index in [2.05, 4.69) is 11.9 Å². The van der Waals surface area contributed by atoms with Crippen LogP contribution < -0.4 is 5.73 Å². The maximum atomic E-state index is 6.13. The van der Waals surface area contributed by atoms with E-state index in [1.165, 1.54) is 35.0 Å². The summed E-state index contributed by atoms with van der Waals surface area (Å²) in [5, 5.41) is 2.03. The van der Waals surface area contributed by atoms with Crippen molar-refractivity contribution in [3.8, 4) is 0 Å². The van der Waals surface area contributed by atoms with Gasteiger partial charge in [0.2, 0.25) is 0 Å². The van der Waals surface area contributed by atoms with Crippen LogP contribution in [0.2, 0.25) is 5.02 Å². The molecule has 1 heterocycles. The molecule has 2 aromatic rings. The van der Waals surface area contributed by atoms with Gasteiger partial charge in [-0.25, -0.2) is 0 Å². The van der Waals surface area contributed by atoms with E-state index in [0.29, 0.717) is 0 Å². The molecule has 1 saturated carbocycles. The first-order valence-electron chi connectivity index (χ1n) is 6.13. The minimum atomic E-state index is 0.126. The van der Waals surface area contributed by atoms with E-state index < -0.39 is 0 Å². The van der Waals surface area contributed by atoms with Gasteiger partial charge in [-0.05, 0) is 56.4 Å². The summed E-state index contributed by atoms with van der Waals surface area (Å²) in [4.78, 5) is 3.48. The Labute approximate surface area is 106 Å². The summed E-state index contributed by atoms with van der Waals surface area (Å²) in [6, 6.07) is 6.00. The maximum absolute atomic E-state index is 6.13. The Hall–Kier alpha value is -0.990. The highest BCUT2D eigenvalue weighted by molar-refractivity contribution is 6.31. The van der Waals surface area contributed by atoms with Gasteiger partial charge >= 0.3 is 0 Å². The van der Waals surface area contributed by atoms with Crippen LogP contribution in [0.4, 0.5) is 0 Å². The summed E-state index contributed by atoms with van der Waals surface area (Å²) in [5.41, 5.74) is 10.0. The Morgan fingerprint density at radius 3 is 2.88 bits per heavy atom. The van der Waals surface area contributed by atoms with Crippen LogP contribution in [0.15, 0.2) is 18.2 Å². The standard InChI is InChI=1S/C14H17ClN2/c1-9-11-8-10(15)2-3-13(11)17-12(9)4-5-14(16)6-7-14/h2-3,8,17H,4-7,16H2,1H3. The number of rotatable bonds is 3. The highest BCUT2D eigenvalue weighted by atomic mass is 35.5. The van der Waals surface area contributed by atoms with Crippen molar-refractivity contribution in [2.75, 3.05) is 0 Å². The number of aromatic amines is 1. The van der Waals surface area contributed by atoms with Gasteiger partial charge in [0, 0.05) is 27.2 Å². The summed E-state index contributed by atoms with van der Waals surface area (Å²) >= 11 is 6.03. The van der Waals surface area contributed by atoms with E-state index in [1.54, 1.807) is 0 Å². The summed E-state index contributed by atoms with van der Waals surface area (Å²) in [6.45, 7) is 2.15. The van der Waals surface area contributed by atoms with Crippen LogP contribution in [0.3, 0.4) is 0 Å². The van der Waals surface area contributed by atoms with Gasteiger partial charge in [-0.15, -0.1) is 0 Å². The third-order valence-electron chi connectivity index (χ3n) is 3.89. The van der Waals surface area contributed by atoms with Crippen LogP contribution in [-0.2, 0) is 6.42 Å². The molecule has 0 spiro atoms. The number of aryl methyl sites for hydroxylation is 2. The number of aromatic nitrogens is 1. The van der Waals surface area contributed by atoms with Crippen molar-refractivity contribution in [2.24, 2.45) is 5.73 Å². The zero-order chi connectivity index (χ0) is 12.0. The molecule has 0 bridgehead atoms. The van der Waals surface area contributed by atoms with Gasteiger partial charge in [0.1, 0.15) is 0 Å². The number of benzene rings is 1. The van der Waals surface area contributed by atoms with E-state index in [4.69, 9.17) is 17.3 Å². The molecule has 1 aliphatic rings. The molecular weight excluding hydrogens is 232 g/mol. The van der Waals surface area contributed by atoms with E-state index >= 15 is 0 Å². The Balaban J connectivity index is 1.91. The number of H-pyrrole nitrogens is 1. The smallest absolute Gasteiger partial charge is 0.0459 e. The average molecular weight is 249 g/mol. The third kappa shape index (κ3) is 2.07. The SMILES string of the molecule is Cc1c(CCC2(N)CC2)[nH]c2ccc(Cl)cc12. The first kappa shape index (κ1) is 11.1. The van der Waals surface area contributed by atoms with E-state index in [-0.39, 0.29) is 5.54 Å². The van der Waals surface area contributed by atoms with Crippen molar-refractivity contribution in [3.63, 3.8) is 0 Å². The summed E-state index contributed by atoms with van der Waals surface area (Å²) in [6.07, 6.45) is 4.47. The van der Waals surface area contributed by atoms with E-state index in [1.807, 2.05) is 18.2 Å². The number of fused-ring (bicyclic) bond motifs is 1. The van der Waals surface area contributed by atoms with E-state index in [9.17, 15) is 0 Å². The Morgan fingerprint density at radius 1 is 1.41 bits per heavy atom. The molecule has 0 radical (unpaired) electrons. The number of hydrogen-bond donors (Lipinski definition) is 2. The second kappa shape index (κ2) is 3.76. The molecule has 1 fully saturated rings. The lowest BCUT2D eigenvalue weighted by atomic mass is 10.1. The molecule has 90 valence electrons. The van der Waals surface area contributed by atoms with Crippen molar-refractivity contribution in [1.82, 2.24) is 4.98 Å². The lowest BCUT2D eigenvalue weighted by molar-refractivity contribution is 0.604. The fourth-order valence-corrected chi connectivity index (χ4v) is 2.56. The van der Waals surface area contributed by atoms with Crippen LogP contribution in [-0.4, -0.2) is 10.5 Å². The fraction of sp³-hybridized carbons (Fsp3) is 0.429. The normalized spacial score (nSPS) is 17.6. The zero-order valence-electron chi connectivity index (χ0n) is 10.0. The van der Waals surface area contributed by atoms with Gasteiger partial charge in [-0.2, -0.15) is 0 Å². The quantitative estimate of drug-likeness (QED) is 0.857. The first-order chi connectivity index (χ1) is 8.07. The Morgan fingerprint density at radius 2 is 2.18 bits per heavy atom. The molecule has 1 aromatic carbocycles. The van der Waals surface area contributed by atoms with Crippen LogP contribution in [0, 0.1) is 6.92 Å². The second-order valence-corrected chi connectivity index (χ2v) is 5.72. The number of nitrogens with one attached hydrogen (secondary N) is 1. The van der Waals surface area contributed by atoms with Gasteiger partial charge in [-0.1, -0.05) is 11.6 Å². The highest BCUT2D eigenvalue weighted by Gasteiger charge is 2.37. The number of hydrogen-bond acceptors (Lipinski definition) is 1. The average Bonchev–Trinajstić information content (AvgIpc) is 2.95. The largest absolute Gasteiger partial charge is 0.358 e. The lowest BCUT2D eigenvalue weighted by Crippen LogP contribution is -2.22. The predicted molar refractivity (Wildman–Crippen MR) is 72.5 cm³/mol. The maximum Gasteiger partial charge on any atom is 0.0459 e. The molecule has 0 saturated heterocycles. The minimum Gasteiger partial charge on any atom is -0.358 e. The molecule has 17 heavy (non-hydrogen) atoms. The number of halogens is 1. The zero-order valence-corrected chi connectivity index (χ0v) is 10.8. The third-order valence-corrected chi connectivity index (χ3v) is 4.12. The molecule has 1 aromatic heterocycles. The number of nitrogens with two attached hydrogens (primary N) is 1. The molecule has 0 amide bonds. The molecule has 3 heteroatoms. The van der Waals surface area contributed by atoms with Gasteiger partial charge in [0.25, 0.3) is 0 Å². The monoisotopic (exact) mass is 248 g/mol. The topological polar surface area (TPSA) is 41.8 Å². The summed E-state index contributed by atoms with van der Waals surface area (Å²) in [5.74, 6) is 0. The van der Waals surface area contributed by atoms with Crippen LogP contribution >= 0.6 is 11.6 Å². The van der Waals surface area contributed by atoms with Gasteiger partial charge in [0.15, 0.2) is 0 Å². The van der Waals surface area contributed by atoms with Crippen LogP contribution in [0.25, 0.3) is 10.9 Å². The molecule has 2 nitrogen and oxygen atoms in total. The molecule has 0 atom stereocenters. The second-order valence-electron chi connectivity index (χ2n) is 5.28. The molecule has 0 unspecified atom stereocenters. The van der Waals surface area contributed by atoms with Crippen molar-refractivity contribution in [2.45, 2.75) is 38.1 Å². The van der Waals surface area contributed by atoms with Crippen LogP contribution in [0.1, 0.15) is 30.5 Å². The first-order valence-corrected chi connectivity index (χ1v) is 6.51. The molecule has 1 aliphatic carbocycles. The minimum absolute atomic E-state index is 0.126. The molecule has 3 N–H and O–H groups in total. The fourth-order valence-electron chi connectivity index (χ4n) is 2.39. The van der Waals surface area contributed by atoms with Crippen LogP contribution in [0.5, 0.6) is 0 Å². The summed E-state index contributed by atoms with van der Waals surface area (Å²) in [7, 11) is 0. The molecular formula is C14H17ClN2. The van der Waals surface area contributed by atoms with Crippen molar-refractivity contribution in [1.29, 1.82) is 0 Å². The van der Waals surface area contributed by atoms with Crippen molar-refractivity contribution in [3.05, 3.63) is 34.5 Å². The van der Waals surface area contributed by atoms with Gasteiger partial charge < -0.3 is 10.7 Å². The molecule has 3 rings (SSSR count). The lowest BCUT2D eigenvalue weighted by Gasteiger charge is -2.07. The van der Waals surface area contributed by atoms with E-state index in [0.717, 1.165) is 17.9 Å².